The van der Waals surface area contributed by atoms with E-state index in [0.717, 1.165) is 0 Å². The second kappa shape index (κ2) is 2.84. The van der Waals surface area contributed by atoms with Gasteiger partial charge in [-0.05, 0) is 6.92 Å². The third-order valence-corrected chi connectivity index (χ3v) is 0.982. The lowest BCUT2D eigenvalue weighted by Crippen LogP contribution is -2.33. The fourth-order valence-corrected chi connectivity index (χ4v) is 0.356. The zero-order valence-electron chi connectivity index (χ0n) is 4.42. The van der Waals surface area contributed by atoms with Crippen LogP contribution >= 0.6 is 12.6 Å². The Bertz CT molecular complexity index is 109. The van der Waals surface area contributed by atoms with Gasteiger partial charge in [0.05, 0.1) is 0 Å². The van der Waals surface area contributed by atoms with E-state index in [1.807, 2.05) is 0 Å². The Morgan fingerprint density at radius 1 is 1.62 bits per heavy atom. The van der Waals surface area contributed by atoms with Gasteiger partial charge in [0.2, 0.25) is 5.12 Å². The summed E-state index contributed by atoms with van der Waals surface area (Å²) in [6.07, 6.45) is 0. The van der Waals surface area contributed by atoms with Gasteiger partial charge in [-0.3, -0.25) is 9.59 Å². The van der Waals surface area contributed by atoms with Gasteiger partial charge in [0, 0.05) is 0 Å². The molecule has 2 N–H and O–H groups in total. The number of rotatable bonds is 2. The Morgan fingerprint density at radius 3 is 2.00 bits per heavy atom. The molecule has 0 aliphatic carbocycles. The van der Waals surface area contributed by atoms with Crippen molar-refractivity contribution in [2.24, 2.45) is 5.73 Å². The van der Waals surface area contributed by atoms with Crippen LogP contribution in [0, 0.1) is 0 Å². The van der Waals surface area contributed by atoms with Crippen LogP contribution in [0.5, 0.6) is 0 Å². The molecular formula is C4H7NO2S. The van der Waals surface area contributed by atoms with Crippen LogP contribution in [0.2, 0.25) is 0 Å². The normalized spacial score (nSPS) is 12.9. The highest BCUT2D eigenvalue weighted by molar-refractivity contribution is 7.96. The lowest BCUT2D eigenvalue weighted by atomic mass is 10.2. The van der Waals surface area contributed by atoms with Crippen LogP contribution in [0.1, 0.15) is 6.92 Å². The molecule has 0 fully saturated rings. The summed E-state index contributed by atoms with van der Waals surface area (Å²) in [4.78, 5) is 20.3. The van der Waals surface area contributed by atoms with Gasteiger partial charge in [-0.15, -0.1) is 12.6 Å². The second-order valence-electron chi connectivity index (χ2n) is 1.43. The molecule has 46 valence electrons. The molecule has 0 aromatic rings. The molecule has 0 saturated heterocycles. The van der Waals surface area contributed by atoms with Crippen molar-refractivity contribution in [2.75, 3.05) is 0 Å². The fraction of sp³-hybridized carbons (Fsp3) is 0.500. The summed E-state index contributed by atoms with van der Waals surface area (Å²) in [5.74, 6) is -0.356. The molecule has 0 aromatic carbocycles. The Hall–Kier alpha value is -0.350. The number of hydrogen-bond donors (Lipinski definition) is 2. The maximum atomic E-state index is 10.2. The van der Waals surface area contributed by atoms with E-state index in [9.17, 15) is 9.59 Å². The van der Waals surface area contributed by atoms with Crippen molar-refractivity contribution in [1.82, 2.24) is 0 Å². The van der Waals surface area contributed by atoms with Crippen LogP contribution in [-0.2, 0) is 9.59 Å². The molecule has 0 spiro atoms. The van der Waals surface area contributed by atoms with E-state index in [2.05, 4.69) is 12.6 Å². The smallest absolute Gasteiger partial charge is 0.210 e. The van der Waals surface area contributed by atoms with Crippen LogP contribution in [0.3, 0.4) is 0 Å². The minimum Gasteiger partial charge on any atom is -0.315 e. The highest BCUT2D eigenvalue weighted by Crippen LogP contribution is 1.86. The standard InChI is InChI=1S/C4H7NO2S/c1-2(6)3(5)4(7)8/h3H,5H2,1H3,(H,7,8). The van der Waals surface area contributed by atoms with Crippen molar-refractivity contribution in [2.45, 2.75) is 13.0 Å². The number of nitrogens with two attached hydrogens (primary N) is 1. The van der Waals surface area contributed by atoms with E-state index in [-0.39, 0.29) is 5.78 Å². The average molecular weight is 133 g/mol. The average Bonchev–Trinajstić information content (AvgIpc) is 1.64. The minimum atomic E-state index is -1.04. The third-order valence-electron chi connectivity index (χ3n) is 0.704. The largest absolute Gasteiger partial charge is 0.315 e. The SMILES string of the molecule is CC(=O)C(N)C(=O)S. The van der Waals surface area contributed by atoms with Crippen molar-refractivity contribution >= 4 is 23.5 Å². The van der Waals surface area contributed by atoms with Crippen LogP contribution in [0.25, 0.3) is 0 Å². The van der Waals surface area contributed by atoms with Gasteiger partial charge in [-0.1, -0.05) is 0 Å². The predicted molar refractivity (Wildman–Crippen MR) is 32.6 cm³/mol. The van der Waals surface area contributed by atoms with E-state index < -0.39 is 11.2 Å². The molecule has 1 atom stereocenters. The molecule has 0 heterocycles. The molecule has 0 aromatic heterocycles. The van der Waals surface area contributed by atoms with Crippen molar-refractivity contribution in [1.29, 1.82) is 0 Å². The minimum absolute atomic E-state index is 0.356. The number of hydrogen-bond acceptors (Lipinski definition) is 3. The highest BCUT2D eigenvalue weighted by Gasteiger charge is 2.12. The molecular weight excluding hydrogens is 126 g/mol. The summed E-state index contributed by atoms with van der Waals surface area (Å²) in [7, 11) is 0. The molecule has 3 nitrogen and oxygen atoms in total. The van der Waals surface area contributed by atoms with Gasteiger partial charge >= 0.3 is 0 Å². The van der Waals surface area contributed by atoms with Gasteiger partial charge in [-0.2, -0.15) is 0 Å². The summed E-state index contributed by atoms with van der Waals surface area (Å²) < 4.78 is 0. The molecule has 1 unspecified atom stereocenters. The third kappa shape index (κ3) is 2.09. The van der Waals surface area contributed by atoms with E-state index in [0.29, 0.717) is 0 Å². The Balaban J connectivity index is 3.83. The predicted octanol–water partition coefficient (Wildman–Crippen LogP) is -0.641. The molecule has 0 rings (SSSR count). The van der Waals surface area contributed by atoms with E-state index in [4.69, 9.17) is 5.73 Å². The van der Waals surface area contributed by atoms with Crippen LogP contribution in [0.4, 0.5) is 0 Å². The number of Topliss-reactive ketones (excluding diaryl/α,β-unsaturated/α-hetero) is 1. The number of thiol groups is 1. The quantitative estimate of drug-likeness (QED) is 0.389. The van der Waals surface area contributed by atoms with Crippen LogP contribution in [0.15, 0.2) is 0 Å². The van der Waals surface area contributed by atoms with E-state index in [1.165, 1.54) is 6.92 Å². The maximum absolute atomic E-state index is 10.2. The molecule has 4 heteroatoms. The van der Waals surface area contributed by atoms with Crippen molar-refractivity contribution in [3.63, 3.8) is 0 Å². The highest BCUT2D eigenvalue weighted by atomic mass is 32.1. The van der Waals surface area contributed by atoms with Crippen molar-refractivity contribution in [3.8, 4) is 0 Å². The molecule has 8 heavy (non-hydrogen) atoms. The first-order chi connectivity index (χ1) is 3.55. The van der Waals surface area contributed by atoms with Crippen LogP contribution < -0.4 is 5.73 Å². The summed E-state index contributed by atoms with van der Waals surface area (Å²) in [5.41, 5.74) is 4.98. The topological polar surface area (TPSA) is 60.2 Å². The van der Waals surface area contributed by atoms with Gasteiger partial charge in [-0.25, -0.2) is 0 Å². The zero-order chi connectivity index (χ0) is 6.73. The second-order valence-corrected chi connectivity index (χ2v) is 1.87. The lowest BCUT2D eigenvalue weighted by molar-refractivity contribution is -0.123. The molecule has 0 bridgehead atoms. The maximum Gasteiger partial charge on any atom is 0.210 e. The molecule has 0 amide bonds. The monoisotopic (exact) mass is 133 g/mol. The van der Waals surface area contributed by atoms with E-state index >= 15 is 0 Å². The Kier molecular flexibility index (Phi) is 2.71. The van der Waals surface area contributed by atoms with Crippen LogP contribution in [-0.4, -0.2) is 16.9 Å². The Morgan fingerprint density at radius 2 is 2.00 bits per heavy atom. The lowest BCUT2D eigenvalue weighted by Gasteiger charge is -1.97. The first kappa shape index (κ1) is 7.65. The number of ketones is 1. The van der Waals surface area contributed by atoms with Crippen molar-refractivity contribution < 1.29 is 9.59 Å². The van der Waals surface area contributed by atoms with Gasteiger partial charge in [0.1, 0.15) is 6.04 Å². The zero-order valence-corrected chi connectivity index (χ0v) is 5.31. The fourth-order valence-electron chi connectivity index (χ4n) is 0.174. The summed E-state index contributed by atoms with van der Waals surface area (Å²) >= 11 is 3.35. The molecule has 0 radical (unpaired) electrons. The van der Waals surface area contributed by atoms with Crippen molar-refractivity contribution in [3.05, 3.63) is 0 Å². The summed E-state index contributed by atoms with van der Waals surface area (Å²) in [6, 6.07) is -1.04. The summed E-state index contributed by atoms with van der Waals surface area (Å²) in [5, 5.41) is -0.586. The number of carbonyl (C=O) groups excluding carboxylic acids is 2. The molecule has 0 aliphatic rings. The van der Waals surface area contributed by atoms with Gasteiger partial charge in [0.25, 0.3) is 0 Å². The first-order valence-corrected chi connectivity index (χ1v) is 2.49. The molecule has 0 aliphatic heterocycles. The summed E-state index contributed by atoms with van der Waals surface area (Å²) in [6.45, 7) is 1.25. The first-order valence-electron chi connectivity index (χ1n) is 2.04. The van der Waals surface area contributed by atoms with Gasteiger partial charge < -0.3 is 5.73 Å². The van der Waals surface area contributed by atoms with E-state index in [1.54, 1.807) is 0 Å². The number of carbonyl (C=O) groups is 2. The molecule has 0 saturated carbocycles. The Labute approximate surface area is 52.7 Å². The van der Waals surface area contributed by atoms with Gasteiger partial charge in [0.15, 0.2) is 5.78 Å².